The molecule has 0 saturated heterocycles. The molecule has 11 rings (SSSR count). The average molecular weight is 1270 g/mol. The number of nitrogens with one attached hydrogen (secondary N) is 4. The van der Waals surface area contributed by atoms with Gasteiger partial charge in [-0.25, -0.2) is 19.2 Å². The van der Waals surface area contributed by atoms with Crippen molar-refractivity contribution in [2.45, 2.75) is 90.3 Å². The lowest BCUT2D eigenvalue weighted by Crippen LogP contribution is -2.33. The molecule has 2 aliphatic carbocycles. The van der Waals surface area contributed by atoms with Gasteiger partial charge in [-0.3, -0.25) is 0 Å². The Morgan fingerprint density at radius 2 is 0.667 bits per heavy atom. The van der Waals surface area contributed by atoms with Crippen molar-refractivity contribution in [2.75, 3.05) is 65.8 Å². The lowest BCUT2D eigenvalue weighted by Gasteiger charge is -2.19. The second-order valence-corrected chi connectivity index (χ2v) is 26.2. The molecule has 4 N–H and O–H groups in total. The smallest absolute Gasteiger partial charge is 0.407 e. The van der Waals surface area contributed by atoms with Crippen LogP contribution in [-0.4, -0.2) is 101 Å². The fourth-order valence-electron chi connectivity index (χ4n) is 11.7. The molecule has 16 nitrogen and oxygen atoms in total. The fourth-order valence-corrected chi connectivity index (χ4v) is 12.8. The topological polar surface area (TPSA) is 190 Å². The molecule has 0 bridgehead atoms. The highest BCUT2D eigenvalue weighted by Gasteiger charge is 2.31. The summed E-state index contributed by atoms with van der Waals surface area (Å²) >= 11 is 1.71. The summed E-state index contributed by atoms with van der Waals surface area (Å²) in [7, 11) is 0. The van der Waals surface area contributed by atoms with Gasteiger partial charge < -0.3 is 59.2 Å². The van der Waals surface area contributed by atoms with Crippen LogP contribution in [0.15, 0.2) is 170 Å². The zero-order chi connectivity index (χ0) is 64.9. The van der Waals surface area contributed by atoms with Gasteiger partial charge in [0.2, 0.25) is 0 Å². The first-order valence-corrected chi connectivity index (χ1v) is 32.7. The van der Waals surface area contributed by atoms with E-state index >= 15 is 0 Å². The standard InChI is InChI=1S/C76H80N4O12S/c1-75(2,3)91-73(83)79-33-17-37-87-55-41-52(42-56(46-55)88-38-18-34-80-74(84)92-76(4,5)6)50-28-30-70-66(44-50)65-43-49(27-29-69(65)93-70)51-39-53(85-35-15-31-77-71(81)89-47-67-61-23-11-7-19-57(61)58-20-8-12-24-62(58)67)45-54(40-51)86-36-16-32-78-72(82)90-48-68-63-25-13-9-21-59(63)60-22-10-14-26-64(60)68/h7-14,19-30,39-46,67-68H,15-18,31-38,47-48H2,1-6H3,(H,77,81)(H,78,82)(H,79,83)(H,80,84). The van der Waals surface area contributed by atoms with Crippen molar-refractivity contribution in [3.8, 4) is 67.5 Å². The maximum atomic E-state index is 13.1. The quantitative estimate of drug-likeness (QED) is 0.0297. The van der Waals surface area contributed by atoms with E-state index in [1.54, 1.807) is 11.3 Å². The van der Waals surface area contributed by atoms with Crippen LogP contribution in [0.3, 0.4) is 0 Å². The molecule has 17 heteroatoms. The minimum absolute atomic E-state index is 0.0390. The second kappa shape index (κ2) is 29.7. The van der Waals surface area contributed by atoms with E-state index in [-0.39, 0.29) is 25.0 Å². The third-order valence-electron chi connectivity index (χ3n) is 15.8. The summed E-state index contributed by atoms with van der Waals surface area (Å²) in [6.07, 6.45) is 0.191. The van der Waals surface area contributed by atoms with E-state index in [0.29, 0.717) is 101 Å². The van der Waals surface area contributed by atoms with Gasteiger partial charge in [-0.05, 0) is 183 Å². The Kier molecular flexibility index (Phi) is 20.7. The lowest BCUT2D eigenvalue weighted by atomic mass is 9.98. The third-order valence-corrected chi connectivity index (χ3v) is 17.0. The maximum absolute atomic E-state index is 13.1. The Bertz CT molecular complexity index is 3850. The minimum Gasteiger partial charge on any atom is -0.493 e. The van der Waals surface area contributed by atoms with Crippen LogP contribution in [0.1, 0.15) is 101 Å². The van der Waals surface area contributed by atoms with Gasteiger partial charge in [-0.2, -0.15) is 0 Å². The fraction of sp³-hybridized carbons (Fsp3) is 0.316. The van der Waals surface area contributed by atoms with E-state index in [1.165, 1.54) is 22.3 Å². The number of alkyl carbamates (subject to hydrolysis) is 4. The normalized spacial score (nSPS) is 12.5. The van der Waals surface area contributed by atoms with Crippen molar-refractivity contribution in [2.24, 2.45) is 0 Å². The van der Waals surface area contributed by atoms with E-state index in [0.717, 1.165) is 64.7 Å². The molecule has 0 aliphatic heterocycles. The van der Waals surface area contributed by atoms with E-state index in [1.807, 2.05) is 126 Å². The van der Waals surface area contributed by atoms with Crippen LogP contribution >= 0.6 is 11.3 Å². The van der Waals surface area contributed by atoms with Crippen molar-refractivity contribution in [1.29, 1.82) is 0 Å². The van der Waals surface area contributed by atoms with Gasteiger partial charge in [-0.1, -0.05) is 109 Å². The molecule has 0 spiro atoms. The van der Waals surface area contributed by atoms with E-state index in [4.69, 9.17) is 37.9 Å². The van der Waals surface area contributed by atoms with Gasteiger partial charge >= 0.3 is 24.4 Å². The molecule has 93 heavy (non-hydrogen) atoms. The summed E-state index contributed by atoms with van der Waals surface area (Å²) in [5.41, 5.74) is 11.7. The summed E-state index contributed by atoms with van der Waals surface area (Å²) in [6, 6.07) is 57.6. The first kappa shape index (κ1) is 64.8. The Balaban J connectivity index is 0.768. The monoisotopic (exact) mass is 1270 g/mol. The number of hydrogen-bond donors (Lipinski definition) is 4. The van der Waals surface area contributed by atoms with Gasteiger partial charge in [0, 0.05) is 70.3 Å². The minimum atomic E-state index is -0.605. The number of benzene rings is 8. The van der Waals surface area contributed by atoms with Crippen LogP contribution in [-0.2, 0) is 18.9 Å². The summed E-state index contributed by atoms with van der Waals surface area (Å²) in [5, 5.41) is 13.5. The zero-order valence-corrected chi connectivity index (χ0v) is 54.3. The zero-order valence-electron chi connectivity index (χ0n) is 53.5. The van der Waals surface area contributed by atoms with Gasteiger partial charge in [0.1, 0.15) is 47.4 Å². The molecule has 0 atom stereocenters. The first-order chi connectivity index (χ1) is 45.0. The molecule has 4 amide bonds. The predicted molar refractivity (Wildman–Crippen MR) is 365 cm³/mol. The van der Waals surface area contributed by atoms with Crippen LogP contribution < -0.4 is 40.2 Å². The number of carbonyl (C=O) groups is 4. The molecule has 2 aliphatic rings. The van der Waals surface area contributed by atoms with Crippen molar-refractivity contribution in [3.05, 3.63) is 192 Å². The molecule has 1 aromatic heterocycles. The van der Waals surface area contributed by atoms with Crippen molar-refractivity contribution < 1.29 is 57.1 Å². The largest absolute Gasteiger partial charge is 0.493 e. The number of fused-ring (bicyclic) bond motifs is 9. The molecular formula is C76H80N4O12S. The van der Waals surface area contributed by atoms with Gasteiger partial charge in [0.15, 0.2) is 0 Å². The Morgan fingerprint density at radius 3 is 0.978 bits per heavy atom. The Labute approximate surface area is 547 Å². The van der Waals surface area contributed by atoms with Crippen LogP contribution in [0.25, 0.3) is 64.7 Å². The lowest BCUT2D eigenvalue weighted by molar-refractivity contribution is 0.0514. The number of carbonyl (C=O) groups excluding carboxylic acids is 4. The highest BCUT2D eigenvalue weighted by Crippen LogP contribution is 2.47. The van der Waals surface area contributed by atoms with E-state index in [2.05, 4.69) is 106 Å². The summed E-state index contributed by atoms with van der Waals surface area (Å²) in [4.78, 5) is 50.7. The van der Waals surface area contributed by atoms with Crippen LogP contribution in [0.5, 0.6) is 23.0 Å². The van der Waals surface area contributed by atoms with Crippen LogP contribution in [0, 0.1) is 0 Å². The van der Waals surface area contributed by atoms with Gasteiger partial charge in [-0.15, -0.1) is 11.3 Å². The molecule has 0 radical (unpaired) electrons. The SMILES string of the molecule is CC(C)(C)OC(=O)NCCCOc1cc(OCCCNC(=O)OC(C)(C)C)cc(-c2ccc3sc4ccc(-c5cc(OCCCNC(=O)OCC6c7ccccc7-c7ccccc76)cc(OCCCNC(=O)OCC6c7ccccc7-c7ccccc76)c5)cc4c3c2)c1. The molecule has 9 aromatic rings. The van der Waals surface area contributed by atoms with Crippen molar-refractivity contribution >= 4 is 55.9 Å². The molecule has 0 saturated carbocycles. The van der Waals surface area contributed by atoms with Gasteiger partial charge in [0.05, 0.1) is 26.4 Å². The number of ether oxygens (including phenoxy) is 8. The summed E-state index contributed by atoms with van der Waals surface area (Å²) in [5.74, 6) is 2.31. The maximum Gasteiger partial charge on any atom is 0.407 e. The number of amides is 4. The predicted octanol–water partition coefficient (Wildman–Crippen LogP) is 16.6. The molecule has 1 heterocycles. The van der Waals surface area contributed by atoms with Crippen LogP contribution in [0.2, 0.25) is 0 Å². The van der Waals surface area contributed by atoms with Gasteiger partial charge in [0.25, 0.3) is 0 Å². The van der Waals surface area contributed by atoms with Crippen LogP contribution in [0.4, 0.5) is 19.2 Å². The number of hydrogen-bond acceptors (Lipinski definition) is 13. The molecule has 482 valence electrons. The van der Waals surface area contributed by atoms with E-state index < -0.39 is 35.6 Å². The molecular weight excluding hydrogens is 1190 g/mol. The van der Waals surface area contributed by atoms with E-state index in [9.17, 15) is 19.2 Å². The average Bonchev–Trinajstić information content (AvgIpc) is 1.66. The highest BCUT2D eigenvalue weighted by molar-refractivity contribution is 7.25. The number of thiophene rings is 1. The first-order valence-electron chi connectivity index (χ1n) is 31.9. The molecule has 0 unspecified atom stereocenters. The Morgan fingerprint density at radius 1 is 0.366 bits per heavy atom. The second-order valence-electron chi connectivity index (χ2n) is 25.1. The summed E-state index contributed by atoms with van der Waals surface area (Å²) in [6.45, 7) is 14.1. The Hall–Kier alpha value is -9.74. The molecule has 8 aromatic carbocycles. The molecule has 0 fully saturated rings. The summed E-state index contributed by atoms with van der Waals surface area (Å²) < 4.78 is 50.0. The highest BCUT2D eigenvalue weighted by atomic mass is 32.1. The van der Waals surface area contributed by atoms with Crippen molar-refractivity contribution in [1.82, 2.24) is 21.3 Å². The third kappa shape index (κ3) is 17.1. The van der Waals surface area contributed by atoms with Crippen molar-refractivity contribution in [3.63, 3.8) is 0 Å². The number of rotatable bonds is 26.